The number of amides is 1. The Kier molecular flexibility index (Phi) is 5.55. The topological polar surface area (TPSA) is 83.9 Å². The Labute approximate surface area is 108 Å². The Bertz CT molecular complexity index is 373. The first-order chi connectivity index (χ1) is 8.36. The van der Waals surface area contributed by atoms with Crippen LogP contribution in [0.15, 0.2) is 0 Å². The van der Waals surface area contributed by atoms with E-state index in [1.807, 2.05) is 0 Å². The van der Waals surface area contributed by atoms with E-state index < -0.39 is 15.1 Å². The molecule has 0 radical (unpaired) electrons. The second-order valence-corrected chi connectivity index (χ2v) is 6.96. The number of sulfone groups is 1. The van der Waals surface area contributed by atoms with Crippen LogP contribution in [0.3, 0.4) is 0 Å². The fourth-order valence-electron chi connectivity index (χ4n) is 1.90. The third kappa shape index (κ3) is 4.22. The van der Waals surface area contributed by atoms with Gasteiger partial charge >= 0.3 is 0 Å². The largest absolute Gasteiger partial charge is 0.394 e. The van der Waals surface area contributed by atoms with E-state index in [2.05, 4.69) is 0 Å². The lowest BCUT2D eigenvalue weighted by molar-refractivity contribution is -0.133. The van der Waals surface area contributed by atoms with E-state index >= 15 is 0 Å². The van der Waals surface area contributed by atoms with Crippen molar-refractivity contribution in [1.29, 1.82) is 0 Å². The molecule has 6 nitrogen and oxygen atoms in total. The molecule has 1 heterocycles. The molecule has 0 saturated carbocycles. The van der Waals surface area contributed by atoms with Crippen LogP contribution in [0.5, 0.6) is 0 Å². The van der Waals surface area contributed by atoms with Crippen molar-refractivity contribution < 1.29 is 23.1 Å². The summed E-state index contributed by atoms with van der Waals surface area (Å²) in [5.41, 5.74) is 0. The van der Waals surface area contributed by atoms with E-state index in [0.29, 0.717) is 32.5 Å². The Morgan fingerprint density at radius 3 is 2.44 bits per heavy atom. The number of rotatable bonds is 5. The Hall–Kier alpha value is -0.660. The number of hydrogen-bond donors (Lipinski definition) is 1. The molecule has 1 atom stereocenters. The summed E-state index contributed by atoms with van der Waals surface area (Å²) in [5, 5.41) is 7.66. The first-order valence-corrected chi connectivity index (χ1v) is 8.02. The minimum absolute atomic E-state index is 0.00967. The molecule has 1 N–H and O–H groups in total. The maximum atomic E-state index is 11.9. The second kappa shape index (κ2) is 6.49. The average Bonchev–Trinajstić information content (AvgIpc) is 2.34. The standard InChI is InChI=1S/C11H21NO5S/c1-9(18(2,15)16)11(14)12-5-3-10(4-6-12)17-8-7-13/h9-10,13H,3-8H2,1-2H3. The van der Waals surface area contributed by atoms with E-state index in [1.165, 1.54) is 6.92 Å². The lowest BCUT2D eigenvalue weighted by atomic mass is 10.1. The lowest BCUT2D eigenvalue weighted by Crippen LogP contribution is -2.46. The zero-order valence-electron chi connectivity index (χ0n) is 10.8. The molecule has 1 amide bonds. The Morgan fingerprint density at radius 1 is 1.44 bits per heavy atom. The van der Waals surface area contributed by atoms with Crippen LogP contribution in [0.1, 0.15) is 19.8 Å². The summed E-state index contributed by atoms with van der Waals surface area (Å²) in [5.74, 6) is -0.335. The van der Waals surface area contributed by atoms with Gasteiger partial charge in [-0.2, -0.15) is 0 Å². The van der Waals surface area contributed by atoms with Crippen LogP contribution in [0, 0.1) is 0 Å². The van der Waals surface area contributed by atoms with Gasteiger partial charge in [0.15, 0.2) is 9.84 Å². The third-order valence-corrected chi connectivity index (χ3v) is 4.67. The molecule has 0 aromatic rings. The number of carbonyl (C=O) groups is 1. The average molecular weight is 279 g/mol. The van der Waals surface area contributed by atoms with Crippen LogP contribution in [-0.4, -0.2) is 68.2 Å². The summed E-state index contributed by atoms with van der Waals surface area (Å²) >= 11 is 0. The van der Waals surface area contributed by atoms with Gasteiger partial charge in [-0.05, 0) is 19.8 Å². The molecule has 0 aromatic carbocycles. The van der Waals surface area contributed by atoms with E-state index in [1.54, 1.807) is 4.90 Å². The predicted molar refractivity (Wildman–Crippen MR) is 66.9 cm³/mol. The van der Waals surface area contributed by atoms with Gasteiger partial charge in [0, 0.05) is 19.3 Å². The molecule has 0 aromatic heterocycles. The van der Waals surface area contributed by atoms with Gasteiger partial charge in [-0.1, -0.05) is 0 Å². The number of aliphatic hydroxyl groups is 1. The SMILES string of the molecule is CC(C(=O)N1CCC(OCCO)CC1)S(C)(=O)=O. The molecule has 18 heavy (non-hydrogen) atoms. The van der Waals surface area contributed by atoms with Crippen molar-refractivity contribution in [3.8, 4) is 0 Å². The highest BCUT2D eigenvalue weighted by Crippen LogP contribution is 2.16. The summed E-state index contributed by atoms with van der Waals surface area (Å²) < 4.78 is 28.0. The van der Waals surface area contributed by atoms with Crippen molar-refractivity contribution in [3.63, 3.8) is 0 Å². The molecular formula is C11H21NO5S. The lowest BCUT2D eigenvalue weighted by Gasteiger charge is -2.33. The molecule has 0 aliphatic carbocycles. The van der Waals surface area contributed by atoms with Crippen molar-refractivity contribution in [2.75, 3.05) is 32.6 Å². The van der Waals surface area contributed by atoms with Crippen molar-refractivity contribution >= 4 is 15.7 Å². The number of carbonyl (C=O) groups excluding carboxylic acids is 1. The van der Waals surface area contributed by atoms with Gasteiger partial charge in [0.25, 0.3) is 0 Å². The fraction of sp³-hybridized carbons (Fsp3) is 0.909. The molecule has 1 saturated heterocycles. The fourth-order valence-corrected chi connectivity index (χ4v) is 2.42. The zero-order chi connectivity index (χ0) is 13.8. The Morgan fingerprint density at radius 2 is 2.00 bits per heavy atom. The minimum atomic E-state index is -3.33. The molecule has 1 aliphatic rings. The van der Waals surface area contributed by atoms with Crippen LogP contribution in [0.2, 0.25) is 0 Å². The van der Waals surface area contributed by atoms with Crippen LogP contribution in [0.25, 0.3) is 0 Å². The number of ether oxygens (including phenoxy) is 1. The number of hydrogen-bond acceptors (Lipinski definition) is 5. The third-order valence-electron chi connectivity index (χ3n) is 3.19. The Balaban J connectivity index is 2.45. The summed E-state index contributed by atoms with van der Waals surface area (Å²) in [6.45, 7) is 2.73. The molecular weight excluding hydrogens is 258 g/mol. The van der Waals surface area contributed by atoms with E-state index in [-0.39, 0.29) is 18.6 Å². The normalized spacial score (nSPS) is 19.8. The number of nitrogens with zero attached hydrogens (tertiary/aromatic N) is 1. The van der Waals surface area contributed by atoms with Gasteiger partial charge in [0.1, 0.15) is 5.25 Å². The highest BCUT2D eigenvalue weighted by Gasteiger charge is 2.31. The van der Waals surface area contributed by atoms with Crippen LogP contribution < -0.4 is 0 Å². The smallest absolute Gasteiger partial charge is 0.240 e. The minimum Gasteiger partial charge on any atom is -0.394 e. The molecule has 1 fully saturated rings. The van der Waals surface area contributed by atoms with E-state index in [0.717, 1.165) is 6.26 Å². The summed E-state index contributed by atoms with van der Waals surface area (Å²) in [7, 11) is -3.33. The zero-order valence-corrected chi connectivity index (χ0v) is 11.6. The molecule has 0 spiro atoms. The van der Waals surface area contributed by atoms with Crippen molar-refractivity contribution in [2.45, 2.75) is 31.1 Å². The van der Waals surface area contributed by atoms with E-state index in [9.17, 15) is 13.2 Å². The quantitative estimate of drug-likeness (QED) is 0.728. The molecule has 1 aliphatic heterocycles. The molecule has 1 unspecified atom stereocenters. The van der Waals surface area contributed by atoms with Gasteiger partial charge in [-0.3, -0.25) is 4.79 Å². The van der Waals surface area contributed by atoms with Gasteiger partial charge in [0.2, 0.25) is 5.91 Å². The second-order valence-electron chi connectivity index (χ2n) is 4.59. The monoisotopic (exact) mass is 279 g/mol. The van der Waals surface area contributed by atoms with Crippen LogP contribution in [0.4, 0.5) is 0 Å². The van der Waals surface area contributed by atoms with Gasteiger partial charge in [-0.25, -0.2) is 8.42 Å². The number of likely N-dealkylation sites (tertiary alicyclic amines) is 1. The van der Waals surface area contributed by atoms with Gasteiger partial charge < -0.3 is 14.7 Å². The highest BCUT2D eigenvalue weighted by atomic mass is 32.2. The van der Waals surface area contributed by atoms with Crippen molar-refractivity contribution in [1.82, 2.24) is 4.90 Å². The van der Waals surface area contributed by atoms with Crippen LogP contribution >= 0.6 is 0 Å². The highest BCUT2D eigenvalue weighted by molar-refractivity contribution is 7.92. The predicted octanol–water partition coefficient (Wildman–Crippen LogP) is -0.581. The molecule has 7 heteroatoms. The maximum absolute atomic E-state index is 11.9. The van der Waals surface area contributed by atoms with Gasteiger partial charge in [-0.15, -0.1) is 0 Å². The number of aliphatic hydroxyl groups excluding tert-OH is 1. The maximum Gasteiger partial charge on any atom is 0.240 e. The van der Waals surface area contributed by atoms with Crippen LogP contribution in [-0.2, 0) is 19.4 Å². The van der Waals surface area contributed by atoms with Gasteiger partial charge in [0.05, 0.1) is 19.3 Å². The molecule has 0 bridgehead atoms. The van der Waals surface area contributed by atoms with Crippen molar-refractivity contribution in [2.24, 2.45) is 0 Å². The first kappa shape index (κ1) is 15.4. The molecule has 1 rings (SSSR count). The summed E-state index contributed by atoms with van der Waals surface area (Å²) in [6.07, 6.45) is 2.49. The molecule has 106 valence electrons. The summed E-state index contributed by atoms with van der Waals surface area (Å²) in [6, 6.07) is 0. The van der Waals surface area contributed by atoms with Crippen molar-refractivity contribution in [3.05, 3.63) is 0 Å². The summed E-state index contributed by atoms with van der Waals surface area (Å²) in [4.78, 5) is 13.5. The number of piperidine rings is 1. The van der Waals surface area contributed by atoms with E-state index in [4.69, 9.17) is 9.84 Å². The first-order valence-electron chi connectivity index (χ1n) is 6.06.